The fraction of sp³-hybridized carbons (Fsp3) is 0.722. The van der Waals surface area contributed by atoms with Crippen molar-refractivity contribution in [3.8, 4) is 0 Å². The predicted octanol–water partition coefficient (Wildman–Crippen LogP) is 1.38. The van der Waals surface area contributed by atoms with E-state index in [0.29, 0.717) is 6.42 Å². The van der Waals surface area contributed by atoms with E-state index >= 15 is 0 Å². The lowest BCUT2D eigenvalue weighted by Crippen LogP contribution is -2.38. The molecule has 0 fully saturated rings. The number of carbonyl (C=O) groups is 5. The monoisotopic (exact) mass is 404 g/mol. The Morgan fingerprint density at radius 1 is 0.929 bits per heavy atom. The van der Waals surface area contributed by atoms with Crippen LogP contribution < -0.4 is 0 Å². The minimum absolute atomic E-state index is 0.133. The number of carboxylic acids is 1. The van der Waals surface area contributed by atoms with Crippen LogP contribution in [0.25, 0.3) is 0 Å². The summed E-state index contributed by atoms with van der Waals surface area (Å²) in [7, 11) is 0. The number of hydrogen-bond acceptors (Lipinski definition) is 9. The lowest BCUT2D eigenvalue weighted by atomic mass is 10.2. The van der Waals surface area contributed by atoms with Crippen LogP contribution in [0.4, 0.5) is 0 Å². The summed E-state index contributed by atoms with van der Waals surface area (Å²) in [5, 5.41) is 9.17. The van der Waals surface area contributed by atoms with Gasteiger partial charge in [-0.15, -0.1) is 0 Å². The molecule has 2 atom stereocenters. The van der Waals surface area contributed by atoms with Gasteiger partial charge in [-0.2, -0.15) is 0 Å². The third-order valence-electron chi connectivity index (χ3n) is 2.99. The average molecular weight is 404 g/mol. The number of unbranched alkanes of at least 4 members (excludes halogenated alkanes) is 1. The van der Waals surface area contributed by atoms with Crippen molar-refractivity contribution in [2.75, 3.05) is 6.61 Å². The van der Waals surface area contributed by atoms with Crippen molar-refractivity contribution in [2.45, 2.75) is 78.1 Å². The second kappa shape index (κ2) is 11.9. The molecule has 10 nitrogen and oxygen atoms in total. The fourth-order valence-electron chi connectivity index (χ4n) is 1.84. The molecule has 0 aromatic heterocycles. The van der Waals surface area contributed by atoms with Gasteiger partial charge in [-0.3, -0.25) is 14.4 Å². The Morgan fingerprint density at radius 3 is 1.96 bits per heavy atom. The second-order valence-corrected chi connectivity index (χ2v) is 6.93. The molecule has 0 amide bonds. The van der Waals surface area contributed by atoms with Crippen LogP contribution in [0.5, 0.6) is 0 Å². The largest absolute Gasteiger partial charge is 0.478 e. The van der Waals surface area contributed by atoms with Gasteiger partial charge in [0.2, 0.25) is 12.2 Å². The Bertz CT molecular complexity index is 575. The number of rotatable bonds is 11. The number of ether oxygens (including phenoxy) is 4. The highest BCUT2D eigenvalue weighted by Gasteiger charge is 2.34. The van der Waals surface area contributed by atoms with Gasteiger partial charge >= 0.3 is 29.8 Å². The van der Waals surface area contributed by atoms with E-state index < -0.39 is 60.5 Å². The molecule has 0 saturated heterocycles. The first-order valence-corrected chi connectivity index (χ1v) is 8.83. The highest BCUT2D eigenvalue weighted by molar-refractivity contribution is 5.87. The van der Waals surface area contributed by atoms with E-state index in [4.69, 9.17) is 18.9 Å². The molecule has 0 heterocycles. The summed E-state index contributed by atoms with van der Waals surface area (Å²) in [6.45, 7) is 7.81. The van der Waals surface area contributed by atoms with Gasteiger partial charge in [0.05, 0.1) is 19.4 Å². The van der Waals surface area contributed by atoms with Crippen LogP contribution in [-0.2, 0) is 42.9 Å². The van der Waals surface area contributed by atoms with Crippen LogP contribution in [-0.4, -0.2) is 59.4 Å². The maximum atomic E-state index is 12.2. The minimum atomic E-state index is -1.86. The van der Waals surface area contributed by atoms with Crippen LogP contribution >= 0.6 is 0 Å². The molecular weight excluding hydrogens is 376 g/mol. The third kappa shape index (κ3) is 11.9. The van der Waals surface area contributed by atoms with E-state index in [0.717, 1.165) is 13.3 Å². The molecule has 0 unspecified atom stereocenters. The van der Waals surface area contributed by atoms with Gasteiger partial charge in [-0.05, 0) is 27.2 Å². The van der Waals surface area contributed by atoms with Crippen LogP contribution in [0, 0.1) is 0 Å². The van der Waals surface area contributed by atoms with Gasteiger partial charge in [0, 0.05) is 6.92 Å². The lowest BCUT2D eigenvalue weighted by Gasteiger charge is -2.22. The molecule has 0 aromatic carbocycles. The Morgan fingerprint density at radius 2 is 1.50 bits per heavy atom. The zero-order valence-electron chi connectivity index (χ0n) is 16.8. The zero-order chi connectivity index (χ0) is 21.9. The quantitative estimate of drug-likeness (QED) is 0.305. The summed E-state index contributed by atoms with van der Waals surface area (Å²) in [4.78, 5) is 58.2. The minimum Gasteiger partial charge on any atom is -0.478 e. The zero-order valence-corrected chi connectivity index (χ0v) is 16.8. The molecule has 0 rings (SSSR count). The fourth-order valence-corrected chi connectivity index (χ4v) is 1.84. The summed E-state index contributed by atoms with van der Waals surface area (Å²) >= 11 is 0. The number of aliphatic carboxylic acids is 1. The number of carbonyl (C=O) groups excluding carboxylic acids is 4. The Balaban J connectivity index is 5.02. The molecular formula is C18H28O10. The van der Waals surface area contributed by atoms with Gasteiger partial charge in [-0.1, -0.05) is 13.3 Å². The van der Waals surface area contributed by atoms with Crippen LogP contribution in [0.3, 0.4) is 0 Å². The van der Waals surface area contributed by atoms with E-state index in [-0.39, 0.29) is 6.61 Å². The summed E-state index contributed by atoms with van der Waals surface area (Å²) in [5.41, 5.74) is -0.854. The lowest BCUT2D eigenvalue weighted by molar-refractivity contribution is -0.182. The van der Waals surface area contributed by atoms with Crippen LogP contribution in [0.2, 0.25) is 0 Å². The average Bonchev–Trinajstić information content (AvgIpc) is 2.51. The van der Waals surface area contributed by atoms with Crippen molar-refractivity contribution in [1.82, 2.24) is 0 Å². The molecule has 160 valence electrons. The normalized spacial score (nSPS) is 13.0. The summed E-state index contributed by atoms with van der Waals surface area (Å²) < 4.78 is 19.4. The number of esters is 4. The van der Waals surface area contributed by atoms with Gasteiger partial charge in [0.25, 0.3) is 0 Å². The number of hydrogen-bond donors (Lipinski definition) is 1. The molecule has 28 heavy (non-hydrogen) atoms. The van der Waals surface area contributed by atoms with E-state index in [1.54, 1.807) is 20.8 Å². The van der Waals surface area contributed by atoms with Gasteiger partial charge in [0.15, 0.2) is 0 Å². The van der Waals surface area contributed by atoms with Crippen LogP contribution in [0.1, 0.15) is 60.3 Å². The predicted molar refractivity (Wildman–Crippen MR) is 94.0 cm³/mol. The first-order chi connectivity index (χ1) is 12.9. The highest BCUT2D eigenvalue weighted by atomic mass is 16.6. The van der Waals surface area contributed by atoms with Crippen molar-refractivity contribution in [3.63, 3.8) is 0 Å². The first-order valence-electron chi connectivity index (χ1n) is 8.83. The molecule has 0 aliphatic carbocycles. The van der Waals surface area contributed by atoms with E-state index in [1.807, 2.05) is 6.92 Å². The Labute approximate surface area is 163 Å². The van der Waals surface area contributed by atoms with Crippen molar-refractivity contribution in [2.24, 2.45) is 0 Å². The summed E-state index contributed by atoms with van der Waals surface area (Å²) in [5.74, 6) is -5.45. The van der Waals surface area contributed by atoms with E-state index in [9.17, 15) is 29.1 Å². The van der Waals surface area contributed by atoms with Crippen molar-refractivity contribution in [3.05, 3.63) is 0 Å². The molecule has 10 heteroatoms. The molecule has 0 aliphatic rings. The third-order valence-corrected chi connectivity index (χ3v) is 2.99. The summed E-state index contributed by atoms with van der Waals surface area (Å²) in [6, 6.07) is 0. The number of carboxylic acid groups (broad SMARTS) is 1. The molecule has 0 saturated carbocycles. The smallest absolute Gasteiger partial charge is 0.348 e. The van der Waals surface area contributed by atoms with Crippen molar-refractivity contribution in [1.29, 1.82) is 0 Å². The molecule has 0 aromatic rings. The first kappa shape index (κ1) is 25.4. The molecule has 1 N–H and O–H groups in total. The Hall–Kier alpha value is -2.65. The van der Waals surface area contributed by atoms with Crippen LogP contribution in [0.15, 0.2) is 0 Å². The van der Waals surface area contributed by atoms with Crippen molar-refractivity contribution >= 4 is 29.8 Å². The van der Waals surface area contributed by atoms with Gasteiger partial charge < -0.3 is 24.1 Å². The van der Waals surface area contributed by atoms with Gasteiger partial charge in [0.1, 0.15) is 5.60 Å². The molecule has 0 bridgehead atoms. The Kier molecular flexibility index (Phi) is 10.8. The SMILES string of the molecule is CCCCOC(=O)C[C@H](OC(C)=O)C(=O)O[C@@H](CC(=O)OC(C)(C)C)C(=O)O. The molecule has 0 aliphatic heterocycles. The highest BCUT2D eigenvalue weighted by Crippen LogP contribution is 2.13. The standard InChI is InChI=1S/C18H28O10/c1-6-7-8-25-14(20)10-13(26-11(2)19)17(24)27-12(16(22)23)9-15(21)28-18(3,4)5/h12-13H,6-10H2,1-5H3,(H,22,23)/t12-,13-/m0/s1. The van der Waals surface area contributed by atoms with E-state index in [1.165, 1.54) is 0 Å². The molecule has 0 radical (unpaired) electrons. The topological polar surface area (TPSA) is 142 Å². The maximum Gasteiger partial charge on any atom is 0.348 e. The van der Waals surface area contributed by atoms with E-state index in [2.05, 4.69) is 0 Å². The van der Waals surface area contributed by atoms with Gasteiger partial charge in [-0.25, -0.2) is 9.59 Å². The van der Waals surface area contributed by atoms with Crippen molar-refractivity contribution < 1.29 is 48.0 Å². The second-order valence-electron chi connectivity index (χ2n) is 6.93. The maximum absolute atomic E-state index is 12.2. The molecule has 0 spiro atoms. The summed E-state index contributed by atoms with van der Waals surface area (Å²) in [6.07, 6.45) is -3.53.